The van der Waals surface area contributed by atoms with Crippen LogP contribution in [0.2, 0.25) is 5.02 Å². The van der Waals surface area contributed by atoms with Gasteiger partial charge in [-0.1, -0.05) is 11.6 Å². The van der Waals surface area contributed by atoms with Crippen LogP contribution < -0.4 is 15.8 Å². The number of hydrogen-bond donors (Lipinski definition) is 3. The Morgan fingerprint density at radius 1 is 1.24 bits per heavy atom. The lowest BCUT2D eigenvalue weighted by molar-refractivity contribution is -0.112. The average Bonchev–Trinajstić information content (AvgIpc) is 2.56. The monoisotopic (exact) mass is 377 g/mol. The Morgan fingerprint density at radius 3 is 2.44 bits per heavy atom. The minimum Gasteiger partial charge on any atom is -0.345 e. The number of carbonyl (C=O) groups is 1. The van der Waals surface area contributed by atoms with Gasteiger partial charge in [-0.25, -0.2) is 18.5 Å². The Labute approximate surface area is 149 Å². The number of halogens is 1. The maximum Gasteiger partial charge on any atom is 0.267 e. The second kappa shape index (κ2) is 7.76. The standard InChI is InChI=1S/C15H12ClN5O3S/c16-11-1-6-14(20-9-11)19-8-10(7-17)15(22)21-12-2-4-13(5-3-12)25(18,23)24/h1-6,8-9H,(H,19,20)(H,21,22)(H2,18,23,24)/b10-8-. The normalized spacial score (nSPS) is 11.5. The number of primary sulfonamides is 1. The summed E-state index contributed by atoms with van der Waals surface area (Å²) in [6, 6.07) is 10.2. The number of amides is 1. The zero-order chi connectivity index (χ0) is 18.4. The number of anilines is 2. The molecular formula is C15H12ClN5O3S. The molecule has 128 valence electrons. The van der Waals surface area contributed by atoms with E-state index >= 15 is 0 Å². The largest absolute Gasteiger partial charge is 0.345 e. The summed E-state index contributed by atoms with van der Waals surface area (Å²) >= 11 is 5.71. The first-order chi connectivity index (χ1) is 11.8. The van der Waals surface area contributed by atoms with E-state index in [1.54, 1.807) is 18.2 Å². The zero-order valence-corrected chi connectivity index (χ0v) is 14.2. The van der Waals surface area contributed by atoms with Crippen LogP contribution in [0.3, 0.4) is 0 Å². The van der Waals surface area contributed by atoms with E-state index in [2.05, 4.69) is 15.6 Å². The molecule has 0 aliphatic heterocycles. The molecule has 8 nitrogen and oxygen atoms in total. The smallest absolute Gasteiger partial charge is 0.267 e. The molecule has 4 N–H and O–H groups in total. The van der Waals surface area contributed by atoms with Gasteiger partial charge in [-0.05, 0) is 36.4 Å². The van der Waals surface area contributed by atoms with Crippen LogP contribution in [0.25, 0.3) is 0 Å². The Bertz CT molecular complexity index is 948. The van der Waals surface area contributed by atoms with Crippen LogP contribution in [0.5, 0.6) is 0 Å². The van der Waals surface area contributed by atoms with Crippen molar-refractivity contribution in [1.29, 1.82) is 5.26 Å². The lowest BCUT2D eigenvalue weighted by atomic mass is 10.2. The van der Waals surface area contributed by atoms with E-state index in [1.165, 1.54) is 36.7 Å². The van der Waals surface area contributed by atoms with Crippen molar-refractivity contribution in [2.75, 3.05) is 10.6 Å². The van der Waals surface area contributed by atoms with Gasteiger partial charge >= 0.3 is 0 Å². The van der Waals surface area contributed by atoms with E-state index in [4.69, 9.17) is 22.0 Å². The van der Waals surface area contributed by atoms with Crippen molar-refractivity contribution in [2.24, 2.45) is 5.14 Å². The number of benzene rings is 1. The molecule has 0 fully saturated rings. The fourth-order valence-electron chi connectivity index (χ4n) is 1.68. The number of nitrogens with one attached hydrogen (secondary N) is 2. The Morgan fingerprint density at radius 2 is 1.92 bits per heavy atom. The highest BCUT2D eigenvalue weighted by atomic mass is 35.5. The first-order valence-corrected chi connectivity index (χ1v) is 8.64. The molecule has 1 heterocycles. The van der Waals surface area contributed by atoms with E-state index in [9.17, 15) is 13.2 Å². The van der Waals surface area contributed by atoms with Gasteiger partial charge in [0.25, 0.3) is 5.91 Å². The molecule has 1 aromatic carbocycles. The van der Waals surface area contributed by atoms with Gasteiger partial charge in [0.1, 0.15) is 17.5 Å². The summed E-state index contributed by atoms with van der Waals surface area (Å²) in [5.74, 6) is -0.269. The van der Waals surface area contributed by atoms with Crippen molar-refractivity contribution >= 4 is 39.0 Å². The summed E-state index contributed by atoms with van der Waals surface area (Å²) < 4.78 is 22.4. The van der Waals surface area contributed by atoms with E-state index in [0.29, 0.717) is 16.5 Å². The number of carbonyl (C=O) groups excluding carboxylic acids is 1. The fourth-order valence-corrected chi connectivity index (χ4v) is 2.31. The van der Waals surface area contributed by atoms with Crippen molar-refractivity contribution in [3.05, 3.63) is 59.4 Å². The summed E-state index contributed by atoms with van der Waals surface area (Å²) in [6.07, 6.45) is 2.61. The van der Waals surface area contributed by atoms with Crippen LogP contribution >= 0.6 is 11.6 Å². The summed E-state index contributed by atoms with van der Waals surface area (Å²) in [5, 5.41) is 19.7. The molecule has 0 atom stereocenters. The highest BCUT2D eigenvalue weighted by Gasteiger charge is 2.11. The molecule has 0 aliphatic carbocycles. The van der Waals surface area contributed by atoms with Crippen molar-refractivity contribution in [3.63, 3.8) is 0 Å². The fraction of sp³-hybridized carbons (Fsp3) is 0. The van der Waals surface area contributed by atoms with Gasteiger partial charge in [0.15, 0.2) is 0 Å². The van der Waals surface area contributed by atoms with Crippen molar-refractivity contribution in [3.8, 4) is 6.07 Å². The number of rotatable bonds is 5. The molecule has 0 unspecified atom stereocenters. The van der Waals surface area contributed by atoms with Crippen LogP contribution in [0, 0.1) is 11.3 Å². The Kier molecular flexibility index (Phi) is 5.71. The van der Waals surface area contributed by atoms with Crippen LogP contribution in [0.4, 0.5) is 11.5 Å². The van der Waals surface area contributed by atoms with Gasteiger partial charge in [0.2, 0.25) is 10.0 Å². The number of hydrogen-bond acceptors (Lipinski definition) is 6. The number of sulfonamides is 1. The second-order valence-corrected chi connectivity index (χ2v) is 6.70. The molecule has 0 saturated carbocycles. The van der Waals surface area contributed by atoms with Crippen LogP contribution in [-0.2, 0) is 14.8 Å². The summed E-state index contributed by atoms with van der Waals surface area (Å²) in [5.41, 5.74) is 0.107. The van der Waals surface area contributed by atoms with Gasteiger partial charge in [-0.2, -0.15) is 5.26 Å². The number of nitrogens with zero attached hydrogens (tertiary/aromatic N) is 2. The zero-order valence-electron chi connectivity index (χ0n) is 12.6. The molecule has 2 rings (SSSR count). The van der Waals surface area contributed by atoms with Gasteiger partial charge < -0.3 is 10.6 Å². The van der Waals surface area contributed by atoms with Crippen LogP contribution in [0.15, 0.2) is 59.3 Å². The molecule has 0 saturated heterocycles. The minimum atomic E-state index is -3.81. The third-order valence-corrected chi connectivity index (χ3v) is 4.05. The van der Waals surface area contributed by atoms with Crippen molar-refractivity contribution in [1.82, 2.24) is 4.98 Å². The predicted octanol–water partition coefficient (Wildman–Crippen LogP) is 1.84. The predicted molar refractivity (Wildman–Crippen MR) is 93.0 cm³/mol. The molecule has 10 heteroatoms. The summed E-state index contributed by atoms with van der Waals surface area (Å²) in [6.45, 7) is 0. The molecular weight excluding hydrogens is 366 g/mol. The van der Waals surface area contributed by atoms with Gasteiger partial charge in [0, 0.05) is 18.1 Å². The van der Waals surface area contributed by atoms with E-state index in [0.717, 1.165) is 0 Å². The lowest BCUT2D eigenvalue weighted by Gasteiger charge is -2.06. The van der Waals surface area contributed by atoms with Crippen molar-refractivity contribution < 1.29 is 13.2 Å². The number of pyridine rings is 1. The maximum atomic E-state index is 12.1. The second-order valence-electron chi connectivity index (χ2n) is 4.70. The lowest BCUT2D eigenvalue weighted by Crippen LogP contribution is -2.15. The van der Waals surface area contributed by atoms with Crippen LogP contribution in [-0.4, -0.2) is 19.3 Å². The van der Waals surface area contributed by atoms with E-state index in [-0.39, 0.29) is 10.5 Å². The summed E-state index contributed by atoms with van der Waals surface area (Å²) in [4.78, 5) is 16.0. The third-order valence-electron chi connectivity index (χ3n) is 2.90. The summed E-state index contributed by atoms with van der Waals surface area (Å²) in [7, 11) is -3.81. The molecule has 2 aromatic rings. The maximum absolute atomic E-state index is 12.1. The average molecular weight is 378 g/mol. The van der Waals surface area contributed by atoms with E-state index < -0.39 is 15.9 Å². The first kappa shape index (κ1) is 18.4. The quantitative estimate of drug-likeness (QED) is 0.536. The number of nitrogens with two attached hydrogens (primary N) is 1. The topological polar surface area (TPSA) is 138 Å². The SMILES string of the molecule is N#C/C(=C/Nc1ccc(Cl)cn1)C(=O)Nc1ccc(S(N)(=O)=O)cc1. The minimum absolute atomic E-state index is 0.0861. The Balaban J connectivity index is 2.08. The molecule has 0 radical (unpaired) electrons. The van der Waals surface area contributed by atoms with Crippen LogP contribution in [0.1, 0.15) is 0 Å². The number of nitriles is 1. The van der Waals surface area contributed by atoms with Gasteiger partial charge in [-0.3, -0.25) is 4.79 Å². The van der Waals surface area contributed by atoms with Crippen molar-refractivity contribution in [2.45, 2.75) is 4.90 Å². The molecule has 0 spiro atoms. The molecule has 0 bridgehead atoms. The molecule has 25 heavy (non-hydrogen) atoms. The first-order valence-electron chi connectivity index (χ1n) is 6.72. The molecule has 0 aliphatic rings. The Hall–Kier alpha value is -2.93. The highest BCUT2D eigenvalue weighted by molar-refractivity contribution is 7.89. The van der Waals surface area contributed by atoms with Gasteiger partial charge in [0.05, 0.1) is 9.92 Å². The number of aromatic nitrogens is 1. The van der Waals surface area contributed by atoms with E-state index in [1.807, 2.05) is 0 Å². The highest BCUT2D eigenvalue weighted by Crippen LogP contribution is 2.14. The molecule has 1 aromatic heterocycles. The van der Waals surface area contributed by atoms with Gasteiger partial charge in [-0.15, -0.1) is 0 Å². The third kappa shape index (κ3) is 5.29. The molecule has 1 amide bonds.